The molecule has 1 unspecified atom stereocenters. The van der Waals surface area contributed by atoms with Gasteiger partial charge in [0.05, 0.1) is 11.4 Å². The number of hydrogen-bond acceptors (Lipinski definition) is 6. The van der Waals surface area contributed by atoms with Crippen molar-refractivity contribution in [1.29, 1.82) is 0 Å². The number of nitrogen functional groups attached to an aromatic ring is 1. The van der Waals surface area contributed by atoms with Crippen molar-refractivity contribution in [2.45, 2.75) is 24.4 Å². The first-order valence-corrected chi connectivity index (χ1v) is 7.42. The van der Waals surface area contributed by atoms with Crippen LogP contribution in [-0.4, -0.2) is 29.2 Å². The van der Waals surface area contributed by atoms with Crippen LogP contribution in [0.2, 0.25) is 0 Å². The van der Waals surface area contributed by atoms with Gasteiger partial charge in [-0.1, -0.05) is 0 Å². The van der Waals surface area contributed by atoms with Crippen LogP contribution < -0.4 is 16.0 Å². The molecule has 8 nitrogen and oxygen atoms in total. The minimum Gasteiger partial charge on any atom is -0.308 e. The topological polar surface area (TPSA) is 115 Å². The number of hydrogen-bond donors (Lipinski definition) is 3. The molecule has 0 aliphatic rings. The van der Waals surface area contributed by atoms with Crippen LogP contribution in [-0.2, 0) is 16.6 Å². The number of rotatable bonds is 6. The molecule has 2 aromatic rings. The van der Waals surface area contributed by atoms with E-state index in [1.807, 2.05) is 0 Å². The fourth-order valence-corrected chi connectivity index (χ4v) is 2.96. The van der Waals surface area contributed by atoms with Gasteiger partial charge in [-0.2, -0.15) is 5.10 Å². The number of anilines is 1. The van der Waals surface area contributed by atoms with Gasteiger partial charge in [-0.25, -0.2) is 24.0 Å². The van der Waals surface area contributed by atoms with Crippen LogP contribution in [0.15, 0.2) is 41.7 Å². The van der Waals surface area contributed by atoms with Crippen LogP contribution in [0.5, 0.6) is 0 Å². The van der Waals surface area contributed by atoms with Gasteiger partial charge in [-0.3, -0.25) is 4.68 Å². The van der Waals surface area contributed by atoms with Gasteiger partial charge < -0.3 is 5.43 Å². The highest BCUT2D eigenvalue weighted by Crippen LogP contribution is 2.12. The zero-order valence-electron chi connectivity index (χ0n) is 10.9. The smallest absolute Gasteiger partial charge is 0.241 e. The molecule has 0 radical (unpaired) electrons. The molecule has 0 saturated heterocycles. The number of hydrazine groups is 1. The average molecular weight is 296 g/mol. The number of nitrogens with one attached hydrogen (secondary N) is 2. The highest BCUT2D eigenvalue weighted by Gasteiger charge is 2.18. The van der Waals surface area contributed by atoms with Crippen molar-refractivity contribution in [2.24, 2.45) is 5.84 Å². The first-order valence-electron chi connectivity index (χ1n) is 5.93. The summed E-state index contributed by atoms with van der Waals surface area (Å²) in [5, 5.41) is 4.03. The zero-order valence-corrected chi connectivity index (χ0v) is 11.7. The number of pyridine rings is 1. The Morgan fingerprint density at radius 3 is 2.90 bits per heavy atom. The van der Waals surface area contributed by atoms with Crippen LogP contribution in [0.25, 0.3) is 0 Å². The first-order chi connectivity index (χ1) is 9.51. The van der Waals surface area contributed by atoms with Crippen molar-refractivity contribution in [3.05, 3.63) is 36.8 Å². The lowest BCUT2D eigenvalue weighted by Crippen LogP contribution is -2.35. The average Bonchev–Trinajstić information content (AvgIpc) is 2.91. The van der Waals surface area contributed by atoms with Crippen molar-refractivity contribution in [3.63, 3.8) is 0 Å². The van der Waals surface area contributed by atoms with Crippen LogP contribution in [0, 0.1) is 0 Å². The molecule has 0 aliphatic carbocycles. The fraction of sp³-hybridized carbons (Fsp3) is 0.273. The van der Waals surface area contributed by atoms with Crippen molar-refractivity contribution in [1.82, 2.24) is 19.5 Å². The van der Waals surface area contributed by atoms with Crippen molar-refractivity contribution in [2.75, 3.05) is 5.43 Å². The molecule has 1 atom stereocenters. The minimum atomic E-state index is -3.62. The second-order valence-electron chi connectivity index (χ2n) is 4.27. The van der Waals surface area contributed by atoms with E-state index in [0.29, 0.717) is 6.54 Å². The van der Waals surface area contributed by atoms with Crippen LogP contribution in [0.4, 0.5) is 5.82 Å². The molecule has 0 saturated carbocycles. The van der Waals surface area contributed by atoms with Crippen LogP contribution in [0.3, 0.4) is 0 Å². The number of aromatic nitrogens is 3. The summed E-state index contributed by atoms with van der Waals surface area (Å²) in [6.07, 6.45) is 4.79. The molecule has 4 N–H and O–H groups in total. The maximum absolute atomic E-state index is 12.2. The fourth-order valence-electron chi connectivity index (χ4n) is 1.72. The highest BCUT2D eigenvalue weighted by molar-refractivity contribution is 7.89. The van der Waals surface area contributed by atoms with E-state index in [-0.39, 0.29) is 16.8 Å². The van der Waals surface area contributed by atoms with E-state index < -0.39 is 10.0 Å². The number of sulfonamides is 1. The molecule has 0 aliphatic heterocycles. The molecule has 2 rings (SSSR count). The molecule has 0 bridgehead atoms. The molecule has 2 heterocycles. The van der Waals surface area contributed by atoms with Crippen molar-refractivity contribution >= 4 is 15.8 Å². The highest BCUT2D eigenvalue weighted by atomic mass is 32.2. The normalized spacial score (nSPS) is 13.1. The van der Waals surface area contributed by atoms with E-state index in [2.05, 4.69) is 20.2 Å². The van der Waals surface area contributed by atoms with Crippen LogP contribution >= 0.6 is 0 Å². The molecule has 9 heteroatoms. The maximum Gasteiger partial charge on any atom is 0.241 e. The second kappa shape index (κ2) is 5.99. The monoisotopic (exact) mass is 296 g/mol. The van der Waals surface area contributed by atoms with Gasteiger partial charge in [0, 0.05) is 30.7 Å². The molecular weight excluding hydrogens is 280 g/mol. The van der Waals surface area contributed by atoms with E-state index in [4.69, 9.17) is 5.84 Å². The summed E-state index contributed by atoms with van der Waals surface area (Å²) in [6.45, 7) is 2.21. The van der Waals surface area contributed by atoms with E-state index >= 15 is 0 Å². The number of nitrogens with two attached hydrogens (primary N) is 1. The lowest BCUT2D eigenvalue weighted by Gasteiger charge is -2.14. The summed E-state index contributed by atoms with van der Waals surface area (Å²) in [5.74, 6) is 5.50. The van der Waals surface area contributed by atoms with Crippen LogP contribution in [0.1, 0.15) is 6.92 Å². The molecule has 0 spiro atoms. The Bertz CT molecular complexity index is 655. The molecule has 0 aromatic carbocycles. The first kappa shape index (κ1) is 14.4. The SMILES string of the molecule is CC(Cn1cccn1)NS(=O)(=O)c1ccnc(NN)c1. The van der Waals surface area contributed by atoms with E-state index in [1.54, 1.807) is 30.1 Å². The predicted molar refractivity (Wildman–Crippen MR) is 74.1 cm³/mol. The van der Waals surface area contributed by atoms with Crippen molar-refractivity contribution < 1.29 is 8.42 Å². The third-order valence-corrected chi connectivity index (χ3v) is 4.15. The quantitative estimate of drug-likeness (QED) is 0.508. The predicted octanol–water partition coefficient (Wildman–Crippen LogP) is -0.0693. The Morgan fingerprint density at radius 1 is 1.45 bits per heavy atom. The van der Waals surface area contributed by atoms with E-state index in [0.717, 1.165) is 0 Å². The summed E-state index contributed by atoms with van der Waals surface area (Å²) < 4.78 is 28.6. The molecule has 108 valence electrons. The summed E-state index contributed by atoms with van der Waals surface area (Å²) in [7, 11) is -3.62. The molecule has 2 aromatic heterocycles. The van der Waals surface area contributed by atoms with Gasteiger partial charge in [0.25, 0.3) is 0 Å². The Kier molecular flexibility index (Phi) is 4.32. The van der Waals surface area contributed by atoms with Gasteiger partial charge in [0.1, 0.15) is 5.82 Å². The Hall–Kier alpha value is -1.97. The third-order valence-electron chi connectivity index (χ3n) is 2.57. The van der Waals surface area contributed by atoms with Gasteiger partial charge in [-0.15, -0.1) is 0 Å². The maximum atomic E-state index is 12.2. The Morgan fingerprint density at radius 2 is 2.25 bits per heavy atom. The Labute approximate surface area is 117 Å². The third kappa shape index (κ3) is 3.53. The Balaban J connectivity index is 2.10. The van der Waals surface area contributed by atoms with E-state index in [9.17, 15) is 8.42 Å². The lowest BCUT2D eigenvalue weighted by atomic mass is 10.4. The van der Waals surface area contributed by atoms with Crippen molar-refractivity contribution in [3.8, 4) is 0 Å². The zero-order chi connectivity index (χ0) is 14.6. The van der Waals surface area contributed by atoms with Gasteiger partial charge in [-0.05, 0) is 19.1 Å². The minimum absolute atomic E-state index is 0.104. The van der Waals surface area contributed by atoms with Gasteiger partial charge in [0.2, 0.25) is 10.0 Å². The summed E-state index contributed by atoms with van der Waals surface area (Å²) in [6, 6.07) is 4.25. The van der Waals surface area contributed by atoms with E-state index in [1.165, 1.54) is 18.3 Å². The van der Waals surface area contributed by atoms with Gasteiger partial charge in [0.15, 0.2) is 0 Å². The largest absolute Gasteiger partial charge is 0.308 e. The summed E-state index contributed by atoms with van der Waals surface area (Å²) in [5.41, 5.74) is 2.31. The second-order valence-corrected chi connectivity index (χ2v) is 5.99. The van der Waals surface area contributed by atoms with Gasteiger partial charge >= 0.3 is 0 Å². The number of nitrogens with zero attached hydrogens (tertiary/aromatic N) is 3. The lowest BCUT2D eigenvalue weighted by molar-refractivity contribution is 0.494. The summed E-state index contributed by atoms with van der Waals surface area (Å²) in [4.78, 5) is 3.97. The molecule has 0 fully saturated rings. The molecule has 20 heavy (non-hydrogen) atoms. The molecular formula is C11H16N6O2S. The molecule has 0 amide bonds. The summed E-state index contributed by atoms with van der Waals surface area (Å²) >= 11 is 0. The standard InChI is InChI=1S/C11H16N6O2S/c1-9(8-17-6-2-4-14-17)16-20(18,19)10-3-5-13-11(7-10)15-12/h2-7,9,16H,8,12H2,1H3,(H,13,15).